The molecular formula is C26H24F3N5O4S. The minimum Gasteiger partial charge on any atom is -0.484 e. The van der Waals surface area contributed by atoms with Gasteiger partial charge < -0.3 is 20.8 Å². The Morgan fingerprint density at radius 2 is 1.59 bits per heavy atom. The topological polar surface area (TPSA) is 139 Å². The predicted molar refractivity (Wildman–Crippen MR) is 139 cm³/mol. The number of ether oxygens (including phenoxy) is 1. The first-order chi connectivity index (χ1) is 18.5. The fraction of sp³-hybridized carbons (Fsp3) is 0.154. The van der Waals surface area contributed by atoms with E-state index < -0.39 is 22.8 Å². The normalized spacial score (nSPS) is 11.7. The molecule has 1 amide bonds. The minimum absolute atomic E-state index is 0.0952. The summed E-state index contributed by atoms with van der Waals surface area (Å²) in [5.74, 6) is 0.0187. The highest BCUT2D eigenvalue weighted by molar-refractivity contribution is 7.92. The van der Waals surface area contributed by atoms with E-state index in [9.17, 15) is 26.4 Å². The first-order valence-electron chi connectivity index (χ1n) is 11.5. The predicted octanol–water partition coefficient (Wildman–Crippen LogP) is 4.26. The van der Waals surface area contributed by atoms with Gasteiger partial charge in [0.2, 0.25) is 5.91 Å². The second kappa shape index (κ2) is 11.5. The number of H-pyrrole nitrogens is 1. The smallest absolute Gasteiger partial charge is 0.422 e. The summed E-state index contributed by atoms with van der Waals surface area (Å²) in [6.45, 7) is -1.14. The van der Waals surface area contributed by atoms with Gasteiger partial charge in [-0.2, -0.15) is 13.2 Å². The van der Waals surface area contributed by atoms with Crippen LogP contribution in [0.5, 0.6) is 5.75 Å². The molecule has 0 aliphatic carbocycles. The molecular weight excluding hydrogens is 535 g/mol. The van der Waals surface area contributed by atoms with E-state index in [0.717, 1.165) is 41.1 Å². The maximum atomic E-state index is 12.6. The van der Waals surface area contributed by atoms with Gasteiger partial charge in [0.05, 0.1) is 23.2 Å². The van der Waals surface area contributed by atoms with Crippen LogP contribution < -0.4 is 20.5 Å². The van der Waals surface area contributed by atoms with Crippen molar-refractivity contribution in [3.8, 4) is 17.0 Å². The molecule has 13 heteroatoms. The number of hydrogen-bond donors (Lipinski definition) is 4. The molecule has 9 nitrogen and oxygen atoms in total. The van der Waals surface area contributed by atoms with Crippen molar-refractivity contribution in [2.75, 3.05) is 17.1 Å². The molecule has 39 heavy (non-hydrogen) atoms. The molecule has 5 N–H and O–H groups in total. The Balaban J connectivity index is 1.27. The number of anilines is 2. The number of halogens is 3. The lowest BCUT2D eigenvalue weighted by molar-refractivity contribution is -0.153. The first-order valence-corrected chi connectivity index (χ1v) is 13.0. The summed E-state index contributed by atoms with van der Waals surface area (Å²) in [5, 5.41) is 2.84. The Bertz CT molecular complexity index is 1520. The van der Waals surface area contributed by atoms with Crippen molar-refractivity contribution < 1.29 is 31.1 Å². The van der Waals surface area contributed by atoms with Crippen molar-refractivity contribution in [3.63, 3.8) is 0 Å². The summed E-state index contributed by atoms with van der Waals surface area (Å²) in [4.78, 5) is 19.1. The standard InChI is InChI=1S/C26H24F3N5O4S/c27-26(28,29)16-38-21-9-11-22(12-10-21)39(36,37)34-20-7-3-17(4-8-20)13-24(35)31-14-18-1-5-19(6-2-18)23-15-32-25(30)33-23/h1-12,15,34H,13-14,16H2,(H,31,35)(H3,30,32,33). The minimum atomic E-state index is -4.50. The Hall–Kier alpha value is -4.52. The third-order valence-corrected chi connectivity index (χ3v) is 6.85. The number of imidazole rings is 1. The van der Waals surface area contributed by atoms with E-state index in [4.69, 9.17) is 5.73 Å². The number of nitrogens with two attached hydrogens (primary N) is 1. The van der Waals surface area contributed by atoms with Gasteiger partial charge in [-0.1, -0.05) is 36.4 Å². The van der Waals surface area contributed by atoms with Gasteiger partial charge in [0.1, 0.15) is 5.75 Å². The average Bonchev–Trinajstić information content (AvgIpc) is 3.33. The summed E-state index contributed by atoms with van der Waals surface area (Å²) in [6, 6.07) is 18.4. The van der Waals surface area contributed by atoms with E-state index >= 15 is 0 Å². The number of amides is 1. The fourth-order valence-corrected chi connectivity index (χ4v) is 4.58. The van der Waals surface area contributed by atoms with Crippen LogP contribution in [0.25, 0.3) is 11.3 Å². The highest BCUT2D eigenvalue weighted by Crippen LogP contribution is 2.22. The summed E-state index contributed by atoms with van der Waals surface area (Å²) in [5.41, 5.74) is 9.15. The Morgan fingerprint density at radius 1 is 0.949 bits per heavy atom. The third-order valence-electron chi connectivity index (χ3n) is 5.46. The number of benzene rings is 3. The molecule has 0 saturated carbocycles. The summed E-state index contributed by atoms with van der Waals surface area (Å²) >= 11 is 0. The maximum absolute atomic E-state index is 12.6. The molecule has 0 aliphatic rings. The summed E-state index contributed by atoms with van der Waals surface area (Å²) < 4.78 is 69.0. The molecule has 1 aromatic heterocycles. The average molecular weight is 560 g/mol. The van der Waals surface area contributed by atoms with E-state index in [2.05, 4.69) is 24.7 Å². The van der Waals surface area contributed by atoms with Gasteiger partial charge in [-0.05, 0) is 53.1 Å². The highest BCUT2D eigenvalue weighted by atomic mass is 32.2. The zero-order chi connectivity index (χ0) is 28.0. The van der Waals surface area contributed by atoms with Crippen LogP contribution >= 0.6 is 0 Å². The van der Waals surface area contributed by atoms with E-state index in [1.807, 2.05) is 24.3 Å². The largest absolute Gasteiger partial charge is 0.484 e. The van der Waals surface area contributed by atoms with E-state index in [1.54, 1.807) is 18.3 Å². The SMILES string of the molecule is Nc1ncc(-c2ccc(CNC(=O)Cc3ccc(NS(=O)(=O)c4ccc(OCC(F)(F)F)cc4)cc3)cc2)[nH]1. The van der Waals surface area contributed by atoms with Crippen molar-refractivity contribution in [2.24, 2.45) is 0 Å². The van der Waals surface area contributed by atoms with Crippen molar-refractivity contribution in [1.82, 2.24) is 15.3 Å². The molecule has 3 aromatic carbocycles. The van der Waals surface area contributed by atoms with E-state index in [0.29, 0.717) is 18.1 Å². The molecule has 0 unspecified atom stereocenters. The summed E-state index contributed by atoms with van der Waals surface area (Å²) in [7, 11) is -3.99. The molecule has 0 radical (unpaired) electrons. The highest BCUT2D eigenvalue weighted by Gasteiger charge is 2.28. The number of aromatic nitrogens is 2. The molecule has 0 saturated heterocycles. The number of alkyl halides is 3. The number of carbonyl (C=O) groups is 1. The van der Waals surface area contributed by atoms with Crippen LogP contribution in [0, 0.1) is 0 Å². The van der Waals surface area contributed by atoms with Gasteiger partial charge in [-0.3, -0.25) is 9.52 Å². The second-order valence-corrected chi connectivity index (χ2v) is 10.2. The van der Waals surface area contributed by atoms with Gasteiger partial charge in [-0.15, -0.1) is 0 Å². The van der Waals surface area contributed by atoms with Crippen LogP contribution in [-0.2, 0) is 27.8 Å². The van der Waals surface area contributed by atoms with Gasteiger partial charge in [0, 0.05) is 12.2 Å². The number of hydrogen-bond acceptors (Lipinski definition) is 6. The quantitative estimate of drug-likeness (QED) is 0.229. The number of aromatic amines is 1. The molecule has 1 heterocycles. The van der Waals surface area contributed by atoms with Gasteiger partial charge in [0.15, 0.2) is 12.6 Å². The monoisotopic (exact) mass is 559 g/mol. The van der Waals surface area contributed by atoms with Crippen molar-refractivity contribution in [2.45, 2.75) is 24.0 Å². The van der Waals surface area contributed by atoms with Crippen LogP contribution in [0.4, 0.5) is 24.8 Å². The maximum Gasteiger partial charge on any atom is 0.422 e. The molecule has 0 atom stereocenters. The molecule has 204 valence electrons. The molecule has 0 fully saturated rings. The van der Waals surface area contributed by atoms with E-state index in [1.165, 1.54) is 12.1 Å². The first kappa shape index (κ1) is 27.5. The van der Waals surface area contributed by atoms with Crippen LogP contribution in [-0.4, -0.2) is 37.1 Å². The number of nitrogens with zero attached hydrogens (tertiary/aromatic N) is 1. The van der Waals surface area contributed by atoms with Crippen LogP contribution in [0.3, 0.4) is 0 Å². The third kappa shape index (κ3) is 7.98. The van der Waals surface area contributed by atoms with Crippen LogP contribution in [0.15, 0.2) is 83.9 Å². The zero-order valence-corrected chi connectivity index (χ0v) is 21.1. The molecule has 4 rings (SSSR count). The van der Waals surface area contributed by atoms with Crippen molar-refractivity contribution in [1.29, 1.82) is 0 Å². The van der Waals surface area contributed by atoms with Crippen molar-refractivity contribution in [3.05, 3.63) is 90.1 Å². The van der Waals surface area contributed by atoms with Gasteiger partial charge in [-0.25, -0.2) is 13.4 Å². The number of rotatable bonds is 10. The molecule has 0 spiro atoms. The zero-order valence-electron chi connectivity index (χ0n) is 20.3. The van der Waals surface area contributed by atoms with E-state index in [-0.39, 0.29) is 28.7 Å². The number of nitrogen functional groups attached to an aromatic ring is 1. The van der Waals surface area contributed by atoms with Crippen LogP contribution in [0.1, 0.15) is 11.1 Å². The van der Waals surface area contributed by atoms with Gasteiger partial charge >= 0.3 is 6.18 Å². The lowest BCUT2D eigenvalue weighted by Gasteiger charge is -2.11. The van der Waals surface area contributed by atoms with Crippen LogP contribution in [0.2, 0.25) is 0 Å². The Labute approximate surface area is 222 Å². The Kier molecular flexibility index (Phi) is 8.10. The lowest BCUT2D eigenvalue weighted by atomic mass is 10.1. The number of nitrogens with one attached hydrogen (secondary N) is 3. The number of sulfonamides is 1. The lowest BCUT2D eigenvalue weighted by Crippen LogP contribution is -2.24. The van der Waals surface area contributed by atoms with Gasteiger partial charge in [0.25, 0.3) is 10.0 Å². The molecule has 4 aromatic rings. The number of carbonyl (C=O) groups excluding carboxylic acids is 1. The van der Waals surface area contributed by atoms with Crippen molar-refractivity contribution >= 4 is 27.6 Å². The molecule has 0 aliphatic heterocycles. The Morgan fingerprint density at radius 3 is 2.18 bits per heavy atom. The molecule has 0 bridgehead atoms. The second-order valence-electron chi connectivity index (χ2n) is 8.51. The fourth-order valence-electron chi connectivity index (χ4n) is 3.52. The summed E-state index contributed by atoms with van der Waals surface area (Å²) in [6.07, 6.45) is -2.76.